The number of aromatic nitrogens is 3. The summed E-state index contributed by atoms with van der Waals surface area (Å²) in [5.74, 6) is 0.239. The highest BCUT2D eigenvalue weighted by molar-refractivity contribution is 7.89. The van der Waals surface area contributed by atoms with Crippen LogP contribution in [-0.4, -0.2) is 39.4 Å². The molecule has 0 aliphatic carbocycles. The quantitative estimate of drug-likeness (QED) is 0.819. The van der Waals surface area contributed by atoms with Gasteiger partial charge in [-0.15, -0.1) is 0 Å². The van der Waals surface area contributed by atoms with Crippen molar-refractivity contribution in [1.29, 1.82) is 0 Å². The summed E-state index contributed by atoms with van der Waals surface area (Å²) in [5.41, 5.74) is 3.22. The normalized spacial score (nSPS) is 19.3. The summed E-state index contributed by atoms with van der Waals surface area (Å²) >= 11 is 0. The van der Waals surface area contributed by atoms with E-state index in [1.165, 1.54) is 4.31 Å². The van der Waals surface area contributed by atoms with E-state index in [2.05, 4.69) is 9.97 Å². The first-order valence-corrected chi connectivity index (χ1v) is 7.86. The van der Waals surface area contributed by atoms with E-state index in [4.69, 9.17) is 0 Å². The van der Waals surface area contributed by atoms with Crippen molar-refractivity contribution in [2.24, 2.45) is 0 Å². The van der Waals surface area contributed by atoms with Gasteiger partial charge in [-0.3, -0.25) is 4.98 Å². The van der Waals surface area contributed by atoms with Gasteiger partial charge in [0.05, 0.1) is 29.4 Å². The van der Waals surface area contributed by atoms with Crippen LogP contribution >= 0.6 is 0 Å². The molecule has 1 aliphatic heterocycles. The fraction of sp³-hybridized carbons (Fsp3) is 0.500. The van der Waals surface area contributed by atoms with Crippen LogP contribution in [0.1, 0.15) is 23.5 Å². The van der Waals surface area contributed by atoms with Crippen molar-refractivity contribution in [2.75, 3.05) is 12.3 Å². The molecule has 0 amide bonds. The third-order valence-electron chi connectivity index (χ3n) is 3.28. The fourth-order valence-corrected chi connectivity index (χ4v) is 3.94. The Kier molecular flexibility index (Phi) is 2.83. The molecule has 1 aliphatic rings. The summed E-state index contributed by atoms with van der Waals surface area (Å²) in [6, 6.07) is 0. The summed E-state index contributed by atoms with van der Waals surface area (Å²) < 4.78 is 27.1. The maximum Gasteiger partial charge on any atom is 0.214 e. The van der Waals surface area contributed by atoms with E-state index in [9.17, 15) is 8.42 Å². The summed E-state index contributed by atoms with van der Waals surface area (Å²) in [6.07, 6.45) is 4.52. The van der Waals surface area contributed by atoms with E-state index in [1.54, 1.807) is 0 Å². The van der Waals surface area contributed by atoms with Crippen LogP contribution in [0.15, 0.2) is 12.4 Å². The maximum atomic E-state index is 11.9. The second-order valence-corrected chi connectivity index (χ2v) is 7.03. The van der Waals surface area contributed by atoms with Crippen LogP contribution in [0.5, 0.6) is 0 Å². The number of sulfonamides is 1. The lowest BCUT2D eigenvalue weighted by atomic mass is 10.3. The minimum absolute atomic E-state index is 0.239. The molecular formula is C12H16N4O2S. The van der Waals surface area contributed by atoms with Gasteiger partial charge in [0.25, 0.3) is 0 Å². The van der Waals surface area contributed by atoms with E-state index in [1.807, 2.05) is 30.6 Å². The molecule has 0 bridgehead atoms. The molecule has 102 valence electrons. The Bertz CT molecular complexity index is 736. The highest BCUT2D eigenvalue weighted by Crippen LogP contribution is 2.19. The average Bonchev–Trinajstić information content (AvgIpc) is 2.81. The minimum atomic E-state index is -3.10. The van der Waals surface area contributed by atoms with E-state index in [0.717, 1.165) is 22.7 Å². The first-order chi connectivity index (χ1) is 8.95. The molecule has 0 aromatic carbocycles. The molecule has 3 heterocycles. The van der Waals surface area contributed by atoms with Crippen LogP contribution in [0.4, 0.5) is 0 Å². The third-order valence-corrected chi connectivity index (χ3v) is 5.18. The van der Waals surface area contributed by atoms with Crippen LogP contribution in [0.25, 0.3) is 5.65 Å². The molecule has 0 N–H and O–H groups in total. The van der Waals surface area contributed by atoms with Gasteiger partial charge in [0, 0.05) is 18.9 Å². The molecule has 6 nitrogen and oxygen atoms in total. The first-order valence-electron chi connectivity index (χ1n) is 6.25. The van der Waals surface area contributed by atoms with Gasteiger partial charge in [-0.2, -0.15) is 4.31 Å². The van der Waals surface area contributed by atoms with Crippen LogP contribution in [-0.2, 0) is 16.6 Å². The SMILES string of the molecule is Cc1cn2cc(C)nc2c(CN2CCCS2(=O)=O)n1. The van der Waals surface area contributed by atoms with Gasteiger partial charge in [0.15, 0.2) is 5.65 Å². The Morgan fingerprint density at radius 2 is 1.89 bits per heavy atom. The van der Waals surface area contributed by atoms with Crippen molar-refractivity contribution in [3.05, 3.63) is 29.5 Å². The standard InChI is InChI=1S/C12H16N4O2S/c1-9-6-15-7-10(2)14-12(15)11(13-9)8-16-4-3-5-19(16,17)18/h6-7H,3-5,8H2,1-2H3. The number of rotatable bonds is 2. The largest absolute Gasteiger partial charge is 0.303 e. The molecule has 2 aromatic rings. The number of fused-ring (bicyclic) bond motifs is 1. The summed E-state index contributed by atoms with van der Waals surface area (Å²) in [4.78, 5) is 8.88. The van der Waals surface area contributed by atoms with Crippen LogP contribution in [0, 0.1) is 13.8 Å². The van der Waals surface area contributed by atoms with Crippen LogP contribution in [0.2, 0.25) is 0 Å². The lowest BCUT2D eigenvalue weighted by molar-refractivity contribution is 0.435. The zero-order chi connectivity index (χ0) is 13.6. The molecule has 3 rings (SSSR count). The smallest absolute Gasteiger partial charge is 0.214 e. The molecule has 1 saturated heterocycles. The molecule has 0 unspecified atom stereocenters. The van der Waals surface area contributed by atoms with Crippen molar-refractivity contribution in [3.63, 3.8) is 0 Å². The number of aryl methyl sites for hydroxylation is 2. The fourth-order valence-electron chi connectivity index (χ4n) is 2.46. The van der Waals surface area contributed by atoms with Crippen LogP contribution < -0.4 is 0 Å². The maximum absolute atomic E-state index is 11.9. The topological polar surface area (TPSA) is 67.6 Å². The molecule has 1 fully saturated rings. The van der Waals surface area contributed by atoms with Crippen molar-refractivity contribution in [3.8, 4) is 0 Å². The number of hydrogen-bond donors (Lipinski definition) is 0. The lowest BCUT2D eigenvalue weighted by Crippen LogP contribution is -2.26. The molecule has 19 heavy (non-hydrogen) atoms. The Hall–Kier alpha value is -1.47. The number of imidazole rings is 1. The van der Waals surface area contributed by atoms with Gasteiger partial charge in [-0.1, -0.05) is 0 Å². The predicted octanol–water partition coefficient (Wildman–Crippen LogP) is 0.882. The van der Waals surface area contributed by atoms with Crippen molar-refractivity contribution in [1.82, 2.24) is 18.7 Å². The van der Waals surface area contributed by atoms with E-state index in [-0.39, 0.29) is 5.75 Å². The number of hydrogen-bond acceptors (Lipinski definition) is 4. The minimum Gasteiger partial charge on any atom is -0.303 e. The highest BCUT2D eigenvalue weighted by atomic mass is 32.2. The van der Waals surface area contributed by atoms with Crippen molar-refractivity contribution >= 4 is 15.7 Å². The highest BCUT2D eigenvalue weighted by Gasteiger charge is 2.29. The monoisotopic (exact) mass is 280 g/mol. The molecule has 0 saturated carbocycles. The van der Waals surface area contributed by atoms with Crippen molar-refractivity contribution in [2.45, 2.75) is 26.8 Å². The summed E-state index contributed by atoms with van der Waals surface area (Å²) in [7, 11) is -3.10. The second kappa shape index (κ2) is 4.28. The summed E-state index contributed by atoms with van der Waals surface area (Å²) in [6.45, 7) is 4.70. The van der Waals surface area contributed by atoms with E-state index < -0.39 is 10.0 Å². The average molecular weight is 280 g/mol. The van der Waals surface area contributed by atoms with Crippen molar-refractivity contribution < 1.29 is 8.42 Å². The van der Waals surface area contributed by atoms with Gasteiger partial charge in [0.2, 0.25) is 10.0 Å². The molecular weight excluding hydrogens is 264 g/mol. The first kappa shape index (κ1) is 12.6. The molecule has 0 radical (unpaired) electrons. The van der Waals surface area contributed by atoms with Gasteiger partial charge in [-0.25, -0.2) is 13.4 Å². The number of nitrogens with zero attached hydrogens (tertiary/aromatic N) is 4. The van der Waals surface area contributed by atoms with E-state index in [0.29, 0.717) is 19.5 Å². The lowest BCUT2D eigenvalue weighted by Gasteiger charge is -2.14. The Balaban J connectivity index is 2.05. The molecule has 7 heteroatoms. The Labute approximate surface area is 112 Å². The molecule has 0 atom stereocenters. The predicted molar refractivity (Wildman–Crippen MR) is 71.3 cm³/mol. The summed E-state index contributed by atoms with van der Waals surface area (Å²) in [5, 5.41) is 0. The van der Waals surface area contributed by atoms with Gasteiger partial charge >= 0.3 is 0 Å². The Morgan fingerprint density at radius 3 is 2.53 bits per heavy atom. The third kappa shape index (κ3) is 2.23. The molecule has 0 spiro atoms. The van der Waals surface area contributed by atoms with E-state index >= 15 is 0 Å². The zero-order valence-corrected chi connectivity index (χ0v) is 11.8. The van der Waals surface area contributed by atoms with Gasteiger partial charge in [0.1, 0.15) is 0 Å². The van der Waals surface area contributed by atoms with Gasteiger partial charge < -0.3 is 4.40 Å². The Morgan fingerprint density at radius 1 is 1.21 bits per heavy atom. The van der Waals surface area contributed by atoms with Crippen LogP contribution in [0.3, 0.4) is 0 Å². The zero-order valence-electron chi connectivity index (χ0n) is 11.0. The molecule has 2 aromatic heterocycles. The van der Waals surface area contributed by atoms with Gasteiger partial charge in [-0.05, 0) is 20.3 Å². The second-order valence-electron chi connectivity index (χ2n) is 4.95.